The Morgan fingerprint density at radius 1 is 1.48 bits per heavy atom. The fourth-order valence-corrected chi connectivity index (χ4v) is 5.98. The summed E-state index contributed by atoms with van der Waals surface area (Å²) in [6, 6.07) is 3.34. The van der Waals surface area contributed by atoms with Gasteiger partial charge in [-0.25, -0.2) is 13.2 Å². The fraction of sp³-hybridized carbons (Fsp3) is 0.643. The monoisotopic (exact) mass is 424 g/mol. The van der Waals surface area contributed by atoms with Gasteiger partial charge in [0.25, 0.3) is 10.0 Å². The van der Waals surface area contributed by atoms with Crippen molar-refractivity contribution in [3.8, 4) is 0 Å². The van der Waals surface area contributed by atoms with Crippen LogP contribution in [0.3, 0.4) is 0 Å². The normalized spacial score (nSPS) is 19.7. The van der Waals surface area contributed by atoms with Crippen molar-refractivity contribution in [3.63, 3.8) is 0 Å². The van der Waals surface area contributed by atoms with E-state index < -0.39 is 21.7 Å². The van der Waals surface area contributed by atoms with Gasteiger partial charge in [0.15, 0.2) is 0 Å². The summed E-state index contributed by atoms with van der Waals surface area (Å²) >= 11 is 4.49. The molecule has 1 saturated heterocycles. The van der Waals surface area contributed by atoms with Gasteiger partial charge in [-0.05, 0) is 61.2 Å². The van der Waals surface area contributed by atoms with Gasteiger partial charge < -0.3 is 10.1 Å². The average molecular weight is 425 g/mol. The quantitative estimate of drug-likeness (QED) is 0.805. The lowest BCUT2D eigenvalue weighted by atomic mass is 10.1. The van der Waals surface area contributed by atoms with E-state index in [4.69, 9.17) is 4.74 Å². The summed E-state index contributed by atoms with van der Waals surface area (Å²) in [4.78, 5) is 11.6. The number of nitrogens with zero attached hydrogens (tertiary/aromatic N) is 1. The van der Waals surface area contributed by atoms with Crippen LogP contribution in [0.25, 0.3) is 0 Å². The first kappa shape index (κ1) is 18.7. The zero-order valence-corrected chi connectivity index (χ0v) is 16.6. The molecule has 1 aliphatic rings. The van der Waals surface area contributed by atoms with Gasteiger partial charge in [0.2, 0.25) is 0 Å². The molecule has 0 aliphatic carbocycles. The van der Waals surface area contributed by atoms with Crippen molar-refractivity contribution in [1.29, 1.82) is 0 Å². The van der Waals surface area contributed by atoms with Crippen molar-refractivity contribution >= 4 is 43.4 Å². The molecule has 1 fully saturated rings. The van der Waals surface area contributed by atoms with Crippen LogP contribution in [-0.2, 0) is 14.8 Å². The molecule has 6 nitrogen and oxygen atoms in total. The lowest BCUT2D eigenvalue weighted by Crippen LogP contribution is -2.36. The highest BCUT2D eigenvalue weighted by atomic mass is 79.9. The number of sulfonamides is 1. The minimum atomic E-state index is -3.44. The van der Waals surface area contributed by atoms with Crippen LogP contribution in [-0.4, -0.2) is 44.1 Å². The number of hydrogen-bond acceptors (Lipinski definition) is 5. The number of carbonyl (C=O) groups is 1. The molecule has 0 bridgehead atoms. The molecule has 1 aromatic heterocycles. The Labute approximate surface area is 149 Å². The molecule has 0 saturated carbocycles. The van der Waals surface area contributed by atoms with E-state index in [1.807, 2.05) is 0 Å². The van der Waals surface area contributed by atoms with Gasteiger partial charge >= 0.3 is 6.09 Å². The van der Waals surface area contributed by atoms with Gasteiger partial charge in [0, 0.05) is 19.6 Å². The number of nitrogens with one attached hydrogen (secondary N) is 1. The van der Waals surface area contributed by atoms with E-state index in [1.165, 1.54) is 15.6 Å². The van der Waals surface area contributed by atoms with E-state index in [0.717, 1.165) is 10.2 Å². The van der Waals surface area contributed by atoms with E-state index in [2.05, 4.69) is 21.2 Å². The Balaban J connectivity index is 1.88. The molecule has 1 N–H and O–H groups in total. The molecule has 1 amide bonds. The SMILES string of the molecule is CC(C)(C)OC(=O)NC[C@@H]1CCN(S(=O)(=O)c2ccc(Br)s2)C1. The summed E-state index contributed by atoms with van der Waals surface area (Å²) in [5, 5.41) is 2.71. The Morgan fingerprint density at radius 2 is 2.17 bits per heavy atom. The van der Waals surface area contributed by atoms with Gasteiger partial charge in [0.05, 0.1) is 3.79 Å². The molecular formula is C14H21BrN2O4S2. The minimum Gasteiger partial charge on any atom is -0.444 e. The predicted octanol–water partition coefficient (Wildman–Crippen LogP) is 3.05. The maximum absolute atomic E-state index is 12.5. The summed E-state index contributed by atoms with van der Waals surface area (Å²) in [6.07, 6.45) is 0.252. The number of carbonyl (C=O) groups excluding carboxylic acids is 1. The van der Waals surface area contributed by atoms with Gasteiger partial charge in [-0.1, -0.05) is 0 Å². The number of amides is 1. The van der Waals surface area contributed by atoms with Crippen molar-refractivity contribution in [2.24, 2.45) is 5.92 Å². The molecule has 2 heterocycles. The zero-order chi connectivity index (χ0) is 17.3. The Kier molecular flexibility index (Phi) is 5.76. The number of thiophene rings is 1. The minimum absolute atomic E-state index is 0.0979. The number of ether oxygens (including phenoxy) is 1. The van der Waals surface area contributed by atoms with Crippen molar-refractivity contribution < 1.29 is 17.9 Å². The van der Waals surface area contributed by atoms with Crippen LogP contribution in [0.5, 0.6) is 0 Å². The van der Waals surface area contributed by atoms with Gasteiger partial charge in [-0.2, -0.15) is 4.31 Å². The average Bonchev–Trinajstić information content (AvgIpc) is 3.03. The van der Waals surface area contributed by atoms with Crippen LogP contribution < -0.4 is 5.32 Å². The summed E-state index contributed by atoms with van der Waals surface area (Å²) in [5.74, 6) is 0.0979. The molecule has 23 heavy (non-hydrogen) atoms. The van der Waals surface area contributed by atoms with E-state index >= 15 is 0 Å². The molecule has 130 valence electrons. The Morgan fingerprint density at radius 3 is 2.74 bits per heavy atom. The maximum Gasteiger partial charge on any atom is 0.407 e. The van der Waals surface area contributed by atoms with E-state index in [-0.39, 0.29) is 5.92 Å². The molecule has 0 aromatic carbocycles. The van der Waals surface area contributed by atoms with Crippen molar-refractivity contribution in [1.82, 2.24) is 9.62 Å². The highest BCUT2D eigenvalue weighted by molar-refractivity contribution is 9.11. The maximum atomic E-state index is 12.5. The van der Waals surface area contributed by atoms with Crippen LogP contribution in [0.2, 0.25) is 0 Å². The van der Waals surface area contributed by atoms with Crippen LogP contribution in [0.15, 0.2) is 20.1 Å². The fourth-order valence-electron chi connectivity index (χ4n) is 2.29. The number of halogens is 1. The van der Waals surface area contributed by atoms with Gasteiger partial charge in [0.1, 0.15) is 9.81 Å². The predicted molar refractivity (Wildman–Crippen MR) is 93.1 cm³/mol. The van der Waals surface area contributed by atoms with E-state index in [1.54, 1.807) is 32.9 Å². The summed E-state index contributed by atoms with van der Waals surface area (Å²) in [5.41, 5.74) is -0.540. The van der Waals surface area contributed by atoms with Crippen LogP contribution in [0.4, 0.5) is 4.79 Å². The molecule has 0 radical (unpaired) electrons. The van der Waals surface area contributed by atoms with Crippen molar-refractivity contribution in [2.75, 3.05) is 19.6 Å². The molecule has 0 unspecified atom stereocenters. The molecular weight excluding hydrogens is 404 g/mol. The summed E-state index contributed by atoms with van der Waals surface area (Å²) < 4.78 is 32.8. The molecule has 9 heteroatoms. The molecule has 1 aromatic rings. The third-order valence-corrected chi connectivity index (χ3v) is 7.28. The number of hydrogen-bond donors (Lipinski definition) is 1. The van der Waals surface area contributed by atoms with Gasteiger partial charge in [-0.3, -0.25) is 0 Å². The van der Waals surface area contributed by atoms with Crippen LogP contribution in [0.1, 0.15) is 27.2 Å². The molecule has 2 rings (SSSR count). The summed E-state index contributed by atoms with van der Waals surface area (Å²) in [7, 11) is -3.44. The Bertz CT molecular complexity index is 667. The third-order valence-electron chi connectivity index (χ3n) is 3.33. The first-order chi connectivity index (χ1) is 10.6. The second-order valence-electron chi connectivity index (χ2n) is 6.46. The standard InChI is InChI=1S/C14H21BrN2O4S2/c1-14(2,3)21-13(18)16-8-10-6-7-17(9-10)23(19,20)12-5-4-11(15)22-12/h4-5,10H,6-9H2,1-3H3,(H,16,18)/t10-/m0/s1. The Hall–Kier alpha value is -0.640. The van der Waals surface area contributed by atoms with Crippen molar-refractivity contribution in [2.45, 2.75) is 37.0 Å². The molecule has 0 spiro atoms. The number of rotatable bonds is 4. The van der Waals surface area contributed by atoms with E-state index in [9.17, 15) is 13.2 Å². The zero-order valence-electron chi connectivity index (χ0n) is 13.3. The van der Waals surface area contributed by atoms with Crippen LogP contribution in [0, 0.1) is 5.92 Å². The second kappa shape index (κ2) is 7.08. The lowest BCUT2D eigenvalue weighted by Gasteiger charge is -2.20. The summed E-state index contributed by atoms with van der Waals surface area (Å²) in [6.45, 7) is 6.70. The van der Waals surface area contributed by atoms with E-state index in [0.29, 0.717) is 23.8 Å². The highest BCUT2D eigenvalue weighted by Crippen LogP contribution is 2.31. The first-order valence-corrected chi connectivity index (χ1v) is 10.4. The molecule has 1 aliphatic heterocycles. The number of alkyl carbamates (subject to hydrolysis) is 1. The second-order valence-corrected chi connectivity index (χ2v) is 11.1. The largest absolute Gasteiger partial charge is 0.444 e. The van der Waals surface area contributed by atoms with Gasteiger partial charge in [-0.15, -0.1) is 11.3 Å². The topological polar surface area (TPSA) is 75.7 Å². The third kappa shape index (κ3) is 5.17. The van der Waals surface area contributed by atoms with Crippen molar-refractivity contribution in [3.05, 3.63) is 15.9 Å². The smallest absolute Gasteiger partial charge is 0.407 e. The highest BCUT2D eigenvalue weighted by Gasteiger charge is 2.33. The lowest BCUT2D eigenvalue weighted by molar-refractivity contribution is 0.0520. The van der Waals surface area contributed by atoms with Crippen LogP contribution >= 0.6 is 27.3 Å². The molecule has 1 atom stereocenters. The first-order valence-electron chi connectivity index (χ1n) is 7.30.